The number of amides is 1. The van der Waals surface area contributed by atoms with Crippen LogP contribution in [0.15, 0.2) is 67.0 Å². The van der Waals surface area contributed by atoms with Crippen molar-refractivity contribution in [3.63, 3.8) is 0 Å². The molecule has 0 aliphatic rings. The summed E-state index contributed by atoms with van der Waals surface area (Å²) in [6.45, 7) is 4.77. The van der Waals surface area contributed by atoms with E-state index in [4.69, 9.17) is 0 Å². The van der Waals surface area contributed by atoms with Crippen molar-refractivity contribution < 1.29 is 4.79 Å². The average molecular weight is 345 g/mol. The fourth-order valence-electron chi connectivity index (χ4n) is 2.72. The normalized spacial score (nSPS) is 10.4. The third-order valence-corrected chi connectivity index (χ3v) is 4.23. The summed E-state index contributed by atoms with van der Waals surface area (Å²) >= 11 is 0. The number of aryl methyl sites for hydroxylation is 2. The second kappa shape index (κ2) is 8.30. The van der Waals surface area contributed by atoms with E-state index < -0.39 is 0 Å². The molecule has 3 aromatic rings. The summed E-state index contributed by atoms with van der Waals surface area (Å²) < 4.78 is 0. The first-order chi connectivity index (χ1) is 12.6. The highest BCUT2D eigenvalue weighted by molar-refractivity contribution is 6.05. The Labute approximate surface area is 154 Å². The Hall–Kier alpha value is -3.14. The molecule has 0 radical (unpaired) electrons. The van der Waals surface area contributed by atoms with E-state index in [9.17, 15) is 4.79 Å². The van der Waals surface area contributed by atoms with Crippen molar-refractivity contribution in [1.29, 1.82) is 0 Å². The third kappa shape index (κ3) is 4.70. The number of nitrogens with one attached hydrogen (secondary N) is 2. The lowest BCUT2D eigenvalue weighted by Crippen LogP contribution is -2.14. The minimum Gasteiger partial charge on any atom is -0.383 e. The van der Waals surface area contributed by atoms with Crippen LogP contribution in [0.4, 0.5) is 11.4 Å². The smallest absolute Gasteiger partial charge is 0.257 e. The van der Waals surface area contributed by atoms with Gasteiger partial charge in [-0.3, -0.25) is 9.78 Å². The van der Waals surface area contributed by atoms with E-state index in [0.717, 1.165) is 35.5 Å². The van der Waals surface area contributed by atoms with E-state index >= 15 is 0 Å². The van der Waals surface area contributed by atoms with Gasteiger partial charge in [-0.05, 0) is 49.1 Å². The van der Waals surface area contributed by atoms with Crippen LogP contribution in [0.3, 0.4) is 0 Å². The Morgan fingerprint density at radius 1 is 1.00 bits per heavy atom. The van der Waals surface area contributed by atoms with Crippen LogP contribution in [0.5, 0.6) is 0 Å². The molecule has 0 bridgehead atoms. The largest absolute Gasteiger partial charge is 0.383 e. The van der Waals surface area contributed by atoms with Gasteiger partial charge in [-0.15, -0.1) is 0 Å². The third-order valence-electron chi connectivity index (χ3n) is 4.23. The monoisotopic (exact) mass is 345 g/mol. The highest BCUT2D eigenvalue weighted by Gasteiger charge is 2.09. The molecule has 1 aromatic heterocycles. The fourth-order valence-corrected chi connectivity index (χ4v) is 2.72. The summed E-state index contributed by atoms with van der Waals surface area (Å²) in [6.07, 6.45) is 4.24. The van der Waals surface area contributed by atoms with Crippen molar-refractivity contribution in [3.8, 4) is 0 Å². The number of nitrogens with zero attached hydrogens (tertiary/aromatic N) is 1. The van der Waals surface area contributed by atoms with Crippen LogP contribution in [0.1, 0.15) is 27.0 Å². The van der Waals surface area contributed by atoms with Crippen molar-refractivity contribution in [3.05, 3.63) is 89.2 Å². The van der Waals surface area contributed by atoms with Crippen molar-refractivity contribution >= 4 is 17.3 Å². The molecule has 132 valence electrons. The van der Waals surface area contributed by atoms with Gasteiger partial charge in [0.25, 0.3) is 5.91 Å². The predicted molar refractivity (Wildman–Crippen MR) is 107 cm³/mol. The highest BCUT2D eigenvalue weighted by atomic mass is 16.1. The summed E-state index contributed by atoms with van der Waals surface area (Å²) in [4.78, 5) is 16.7. The first-order valence-corrected chi connectivity index (χ1v) is 8.73. The van der Waals surface area contributed by atoms with Crippen LogP contribution in [0, 0.1) is 13.8 Å². The minimum atomic E-state index is -0.155. The van der Waals surface area contributed by atoms with Crippen LogP contribution in [0.2, 0.25) is 0 Å². The van der Waals surface area contributed by atoms with Crippen LogP contribution < -0.4 is 10.6 Å². The fraction of sp³-hybridized carbons (Fsp3) is 0.182. The number of pyridine rings is 1. The summed E-state index contributed by atoms with van der Waals surface area (Å²) in [5.41, 5.74) is 5.63. The lowest BCUT2D eigenvalue weighted by molar-refractivity contribution is 0.102. The number of carbonyl (C=O) groups excluding carboxylic acids is 1. The molecule has 0 aliphatic heterocycles. The maximum Gasteiger partial charge on any atom is 0.257 e. The zero-order valence-electron chi connectivity index (χ0n) is 15.1. The molecular formula is C22H23N3O. The van der Waals surface area contributed by atoms with E-state index in [1.54, 1.807) is 12.4 Å². The molecule has 4 nitrogen and oxygen atoms in total. The first-order valence-electron chi connectivity index (χ1n) is 8.73. The Kier molecular flexibility index (Phi) is 5.64. The number of hydrogen-bond donors (Lipinski definition) is 2. The number of benzene rings is 2. The molecule has 0 atom stereocenters. The average Bonchev–Trinajstić information content (AvgIpc) is 2.66. The van der Waals surface area contributed by atoms with Gasteiger partial charge in [-0.25, -0.2) is 0 Å². The molecule has 0 saturated heterocycles. The van der Waals surface area contributed by atoms with Crippen LogP contribution in [0.25, 0.3) is 0 Å². The summed E-state index contributed by atoms with van der Waals surface area (Å²) in [5, 5.41) is 6.30. The number of aromatic nitrogens is 1. The number of rotatable bonds is 6. The van der Waals surface area contributed by atoms with E-state index in [0.29, 0.717) is 5.56 Å². The molecule has 0 fully saturated rings. The molecule has 2 N–H and O–H groups in total. The van der Waals surface area contributed by atoms with E-state index in [1.807, 2.05) is 56.3 Å². The molecule has 0 unspecified atom stereocenters. The molecule has 4 heteroatoms. The molecule has 1 heterocycles. The Morgan fingerprint density at radius 3 is 2.62 bits per heavy atom. The molecular weight excluding hydrogens is 322 g/mol. The zero-order chi connectivity index (χ0) is 18.4. The van der Waals surface area contributed by atoms with Crippen LogP contribution in [-0.2, 0) is 6.42 Å². The molecule has 0 spiro atoms. The molecule has 0 aliphatic carbocycles. The second-order valence-electron chi connectivity index (χ2n) is 6.40. The summed E-state index contributed by atoms with van der Waals surface area (Å²) in [7, 11) is 0. The van der Waals surface area contributed by atoms with Gasteiger partial charge in [0.05, 0.1) is 11.3 Å². The molecule has 3 rings (SSSR count). The topological polar surface area (TPSA) is 54.0 Å². The van der Waals surface area contributed by atoms with Crippen molar-refractivity contribution in [1.82, 2.24) is 4.98 Å². The predicted octanol–water partition coefficient (Wildman–Crippen LogP) is 4.61. The van der Waals surface area contributed by atoms with E-state index in [-0.39, 0.29) is 5.91 Å². The van der Waals surface area contributed by atoms with Crippen LogP contribution >= 0.6 is 0 Å². The molecule has 0 saturated carbocycles. The van der Waals surface area contributed by atoms with E-state index in [1.165, 1.54) is 5.56 Å². The van der Waals surface area contributed by atoms with Gasteiger partial charge in [0, 0.05) is 24.6 Å². The lowest BCUT2D eigenvalue weighted by Gasteiger charge is -2.11. The highest BCUT2D eigenvalue weighted by Crippen LogP contribution is 2.18. The maximum atomic E-state index is 12.5. The maximum absolute atomic E-state index is 12.5. The Balaban J connectivity index is 1.62. The Morgan fingerprint density at radius 2 is 1.81 bits per heavy atom. The Bertz CT molecular complexity index is 891. The van der Waals surface area contributed by atoms with Gasteiger partial charge in [-0.1, -0.05) is 42.5 Å². The number of hydrogen-bond acceptors (Lipinski definition) is 3. The molecule has 2 aromatic carbocycles. The number of anilines is 2. The van der Waals surface area contributed by atoms with Gasteiger partial charge >= 0.3 is 0 Å². The standard InChI is InChI=1S/C22H23N3O/c1-16-8-9-17(2)21(12-16)25-22(26)19-13-20(15-23-14-19)24-11-10-18-6-4-3-5-7-18/h3-9,12-15,24H,10-11H2,1-2H3,(H,25,26). The summed E-state index contributed by atoms with van der Waals surface area (Å²) in [6, 6.07) is 18.1. The quantitative estimate of drug-likeness (QED) is 0.686. The van der Waals surface area contributed by atoms with Crippen LogP contribution in [-0.4, -0.2) is 17.4 Å². The van der Waals surface area contributed by atoms with Gasteiger partial charge in [-0.2, -0.15) is 0 Å². The molecule has 1 amide bonds. The van der Waals surface area contributed by atoms with Gasteiger partial charge in [0.2, 0.25) is 0 Å². The molecule has 26 heavy (non-hydrogen) atoms. The van der Waals surface area contributed by atoms with Gasteiger partial charge in [0.1, 0.15) is 0 Å². The van der Waals surface area contributed by atoms with E-state index in [2.05, 4.69) is 27.8 Å². The van der Waals surface area contributed by atoms with Crippen molar-refractivity contribution in [2.45, 2.75) is 20.3 Å². The first kappa shape index (κ1) is 17.7. The van der Waals surface area contributed by atoms with Gasteiger partial charge < -0.3 is 10.6 Å². The SMILES string of the molecule is Cc1ccc(C)c(NC(=O)c2cncc(NCCc3ccccc3)c2)c1. The second-order valence-corrected chi connectivity index (χ2v) is 6.40. The van der Waals surface area contributed by atoms with Crippen molar-refractivity contribution in [2.75, 3.05) is 17.2 Å². The zero-order valence-corrected chi connectivity index (χ0v) is 15.1. The lowest BCUT2D eigenvalue weighted by atomic mass is 10.1. The summed E-state index contributed by atoms with van der Waals surface area (Å²) in [5.74, 6) is -0.155. The number of carbonyl (C=O) groups is 1. The van der Waals surface area contributed by atoms with Gasteiger partial charge in [0.15, 0.2) is 0 Å². The van der Waals surface area contributed by atoms with Crippen molar-refractivity contribution in [2.24, 2.45) is 0 Å². The minimum absolute atomic E-state index is 0.155.